The number of aromatic nitrogens is 5. The van der Waals surface area contributed by atoms with E-state index in [1.54, 1.807) is 13.8 Å². The fraction of sp³-hybridized carbons (Fsp3) is 0.351. The van der Waals surface area contributed by atoms with Gasteiger partial charge in [-0.15, -0.1) is 0 Å². The summed E-state index contributed by atoms with van der Waals surface area (Å²) in [7, 11) is 0. The molecule has 3 aromatic heterocycles. The van der Waals surface area contributed by atoms with Crippen LogP contribution < -0.4 is 11.1 Å². The van der Waals surface area contributed by atoms with E-state index in [1.807, 2.05) is 0 Å². The first kappa shape index (κ1) is 38.9. The number of carbonyl (C=O) groups excluding carboxylic acids is 1. The van der Waals surface area contributed by atoms with Crippen LogP contribution in [0.25, 0.3) is 22.0 Å². The lowest BCUT2D eigenvalue weighted by atomic mass is 9.93. The Bertz CT molecular complexity index is 2440. The van der Waals surface area contributed by atoms with E-state index in [1.165, 1.54) is 24.3 Å². The highest BCUT2D eigenvalue weighted by molar-refractivity contribution is 6.37. The Kier molecular flexibility index (Phi) is 9.54. The van der Waals surface area contributed by atoms with Gasteiger partial charge < -0.3 is 11.1 Å². The van der Waals surface area contributed by atoms with Crippen molar-refractivity contribution in [3.63, 3.8) is 0 Å². The number of amides is 1. The molecule has 2 aliphatic carbocycles. The molecule has 7 rings (SSSR count). The zero-order chi connectivity index (χ0) is 40.6. The van der Waals surface area contributed by atoms with Gasteiger partial charge >= 0.3 is 12.4 Å². The average Bonchev–Trinajstić information content (AvgIpc) is 3.61. The summed E-state index contributed by atoms with van der Waals surface area (Å²) in [6.07, 6.45) is -10.5. The molecule has 1 saturated carbocycles. The minimum atomic E-state index is -5.11. The van der Waals surface area contributed by atoms with Crippen molar-refractivity contribution >= 4 is 34.2 Å². The summed E-state index contributed by atoms with van der Waals surface area (Å²) >= 11 is 6.38. The highest BCUT2D eigenvalue weighted by Gasteiger charge is 2.68. The van der Waals surface area contributed by atoms with E-state index in [2.05, 4.69) is 32.3 Å². The number of nitrogens with one attached hydrogen (secondary N) is 1. The molecule has 0 aliphatic heterocycles. The Morgan fingerprint density at radius 3 is 2.34 bits per heavy atom. The third-order valence-electron chi connectivity index (χ3n) is 9.42. The van der Waals surface area contributed by atoms with Crippen LogP contribution in [0.4, 0.5) is 49.7 Å². The van der Waals surface area contributed by atoms with Gasteiger partial charge in [-0.2, -0.15) is 45.3 Å². The number of hydrogen-bond acceptors (Lipinski definition) is 5. The van der Waals surface area contributed by atoms with E-state index in [4.69, 9.17) is 17.3 Å². The number of carbonyl (C=O) groups is 1. The average molecular weight is 812 g/mol. The first-order valence-electron chi connectivity index (χ1n) is 17.0. The topological polar surface area (TPSA) is 104 Å². The second-order valence-electron chi connectivity index (χ2n) is 14.0. The van der Waals surface area contributed by atoms with Crippen LogP contribution in [0.3, 0.4) is 0 Å². The van der Waals surface area contributed by atoms with Gasteiger partial charge in [0.2, 0.25) is 5.91 Å². The second-order valence-corrected chi connectivity index (χ2v) is 14.4. The van der Waals surface area contributed by atoms with Gasteiger partial charge in [-0.3, -0.25) is 14.2 Å². The summed E-state index contributed by atoms with van der Waals surface area (Å²) in [6.45, 7) is 0.828. The van der Waals surface area contributed by atoms with E-state index in [0.717, 1.165) is 12.1 Å². The molecule has 0 unspecified atom stereocenters. The molecule has 1 fully saturated rings. The lowest BCUT2D eigenvalue weighted by Crippen LogP contribution is -2.35. The highest BCUT2D eigenvalue weighted by atomic mass is 35.5. The van der Waals surface area contributed by atoms with Crippen molar-refractivity contribution in [1.29, 1.82) is 0 Å². The molecule has 19 heteroatoms. The summed E-state index contributed by atoms with van der Waals surface area (Å²) < 4.78 is 144. The number of alkyl halides is 8. The quantitative estimate of drug-likeness (QED) is 0.121. The van der Waals surface area contributed by atoms with Crippen molar-refractivity contribution in [2.45, 2.75) is 70.0 Å². The van der Waals surface area contributed by atoms with Crippen molar-refractivity contribution in [3.05, 3.63) is 93.0 Å². The number of nitrogen functional groups attached to an aromatic ring is 1. The van der Waals surface area contributed by atoms with Gasteiger partial charge in [0.05, 0.1) is 27.7 Å². The predicted molar refractivity (Wildman–Crippen MR) is 183 cm³/mol. The van der Waals surface area contributed by atoms with E-state index < -0.39 is 90.2 Å². The fourth-order valence-corrected chi connectivity index (χ4v) is 7.46. The Morgan fingerprint density at radius 2 is 1.70 bits per heavy atom. The summed E-state index contributed by atoms with van der Waals surface area (Å²) in [6, 6.07) is 6.52. The number of anilines is 1. The van der Waals surface area contributed by atoms with Crippen LogP contribution in [0.1, 0.15) is 66.1 Å². The molecule has 1 amide bonds. The van der Waals surface area contributed by atoms with Crippen molar-refractivity contribution < 1.29 is 48.7 Å². The number of benzene rings is 2. The molecule has 2 aromatic carbocycles. The number of hydrogen-bond donors (Lipinski definition) is 2. The molecule has 0 spiro atoms. The number of rotatable bonds is 8. The van der Waals surface area contributed by atoms with Crippen molar-refractivity contribution in [2.75, 3.05) is 5.73 Å². The molecular formula is C37H28ClF10N7O. The second kappa shape index (κ2) is 13.7. The van der Waals surface area contributed by atoms with Crippen LogP contribution in [0.5, 0.6) is 0 Å². The third-order valence-corrected chi connectivity index (χ3v) is 9.74. The zero-order valence-corrected chi connectivity index (χ0v) is 29.8. The summed E-state index contributed by atoms with van der Waals surface area (Å²) in [4.78, 5) is 18.4. The normalized spacial score (nSPS) is 17.8. The maximum atomic E-state index is 15.3. The van der Waals surface area contributed by atoms with Crippen LogP contribution in [-0.4, -0.2) is 36.6 Å². The molecule has 3 heterocycles. The molecule has 294 valence electrons. The Hall–Kier alpha value is -5.31. The molecule has 0 radical (unpaired) electrons. The number of nitrogens with zero attached hydrogens (tertiary/aromatic N) is 5. The smallest absolute Gasteiger partial charge is 0.382 e. The Morgan fingerprint density at radius 1 is 1.02 bits per heavy atom. The van der Waals surface area contributed by atoms with Gasteiger partial charge in [0.1, 0.15) is 36.1 Å². The van der Waals surface area contributed by atoms with Crippen molar-refractivity contribution in [1.82, 2.24) is 29.9 Å². The van der Waals surface area contributed by atoms with Crippen LogP contribution >= 0.6 is 11.6 Å². The summed E-state index contributed by atoms with van der Waals surface area (Å²) in [5.41, 5.74) is 2.56. The van der Waals surface area contributed by atoms with Crippen LogP contribution in [0.15, 0.2) is 42.5 Å². The molecule has 3 atom stereocenters. The van der Waals surface area contributed by atoms with E-state index in [0.29, 0.717) is 15.4 Å². The molecule has 0 bridgehead atoms. The highest BCUT2D eigenvalue weighted by Crippen LogP contribution is 2.68. The number of pyridine rings is 1. The SMILES string of the molecule is CC(C)C#Cc1ccc(-c2ccc(Cl)c3c(N)nn(CC(F)(F)F)c23)c([C@H](Cc2cc(F)cc(F)c2)NC(=O)Cn2nc(C(F)(F)F)c3c2C(F)(F)[C@@H]2C[C@H]32)n1. The number of fused-ring (bicyclic) bond motifs is 4. The standard InChI is InChI=1S/C37H28ClF10N7O/c1-16(2)3-4-20-5-6-21(22-7-8-25(38)29-31(22)55(53-34(29)49)15-35(41,42)43)30(50-20)26(11-17-9-18(39)12-19(40)10-17)51-27(56)14-54-33-28(32(52-54)37(46,47)48)23-13-24(23)36(33,44)45/h5-10,12,16,23-24,26H,11,13-15H2,1-2H3,(H2,49,53)(H,51,56)/t23-,24+,26-/m0/s1. The van der Waals surface area contributed by atoms with E-state index >= 15 is 8.78 Å². The monoisotopic (exact) mass is 811 g/mol. The Labute approximate surface area is 316 Å². The number of halogens is 11. The molecule has 3 N–H and O–H groups in total. The van der Waals surface area contributed by atoms with Gasteiger partial charge in [-0.1, -0.05) is 37.4 Å². The van der Waals surface area contributed by atoms with Crippen LogP contribution in [0, 0.1) is 35.3 Å². The van der Waals surface area contributed by atoms with Gasteiger partial charge in [-0.05, 0) is 60.6 Å². The largest absolute Gasteiger partial charge is 0.435 e. The van der Waals surface area contributed by atoms with Gasteiger partial charge in [0.25, 0.3) is 5.92 Å². The minimum absolute atomic E-state index is 0.0203. The molecule has 2 aliphatic rings. The predicted octanol–water partition coefficient (Wildman–Crippen LogP) is 8.71. The fourth-order valence-electron chi connectivity index (χ4n) is 7.22. The summed E-state index contributed by atoms with van der Waals surface area (Å²) in [5, 5.41) is 9.69. The first-order chi connectivity index (χ1) is 26.1. The van der Waals surface area contributed by atoms with Gasteiger partial charge in [0.15, 0.2) is 11.5 Å². The molecule has 5 aromatic rings. The molecule has 8 nitrogen and oxygen atoms in total. The first-order valence-corrected chi connectivity index (χ1v) is 17.3. The van der Waals surface area contributed by atoms with E-state index in [9.17, 15) is 39.9 Å². The Balaban J connectivity index is 1.39. The third kappa shape index (κ3) is 7.36. The zero-order valence-electron chi connectivity index (χ0n) is 29.1. The van der Waals surface area contributed by atoms with Crippen LogP contribution in [0.2, 0.25) is 5.02 Å². The maximum absolute atomic E-state index is 15.3. The maximum Gasteiger partial charge on any atom is 0.435 e. The molecule has 56 heavy (non-hydrogen) atoms. The van der Waals surface area contributed by atoms with Gasteiger partial charge in [0, 0.05) is 34.6 Å². The molecular weight excluding hydrogens is 784 g/mol. The lowest BCUT2D eigenvalue weighted by molar-refractivity contribution is -0.142. The van der Waals surface area contributed by atoms with Crippen LogP contribution in [-0.2, 0) is 36.4 Å². The summed E-state index contributed by atoms with van der Waals surface area (Å²) in [5.74, 6) is -4.09. The minimum Gasteiger partial charge on any atom is -0.382 e. The number of nitrogens with two attached hydrogens (primary N) is 1. The van der Waals surface area contributed by atoms with Gasteiger partial charge in [-0.25, -0.2) is 13.8 Å². The van der Waals surface area contributed by atoms with Crippen molar-refractivity contribution in [3.8, 4) is 23.0 Å². The van der Waals surface area contributed by atoms with E-state index in [-0.39, 0.29) is 62.2 Å². The lowest BCUT2D eigenvalue weighted by Gasteiger charge is -2.23. The van der Waals surface area contributed by atoms with Crippen molar-refractivity contribution in [2.24, 2.45) is 11.8 Å². The molecule has 0 saturated heterocycles.